The Morgan fingerprint density at radius 2 is 1.39 bits per heavy atom. The van der Waals surface area contributed by atoms with Crippen LogP contribution < -0.4 is 24.8 Å². The van der Waals surface area contributed by atoms with E-state index in [1.54, 1.807) is 0 Å². The second-order valence-corrected chi connectivity index (χ2v) is 6.48. The summed E-state index contributed by atoms with van der Waals surface area (Å²) in [6.45, 7) is 4.25. The third kappa shape index (κ3) is 5.06. The normalized spacial score (nSPS) is 9.64. The molecule has 0 radical (unpaired) electrons. The summed E-state index contributed by atoms with van der Waals surface area (Å²) in [7, 11) is 0. The molecule has 4 aromatic carbocycles. The van der Waals surface area contributed by atoms with Crippen molar-refractivity contribution in [3.8, 4) is 5.69 Å². The van der Waals surface area contributed by atoms with E-state index >= 15 is 0 Å². The van der Waals surface area contributed by atoms with E-state index < -0.39 is 0 Å². The average Bonchev–Trinajstić information content (AvgIpc) is 3.32. The minimum atomic E-state index is 0. The molecular formula is C24H21Cl2NZr. The van der Waals surface area contributed by atoms with Gasteiger partial charge in [0, 0.05) is 11.1 Å². The number of benzene rings is 2. The summed E-state index contributed by atoms with van der Waals surface area (Å²) in [6, 6.07) is 32.1. The summed E-state index contributed by atoms with van der Waals surface area (Å²) in [5, 5.41) is 3.90. The van der Waals surface area contributed by atoms with Gasteiger partial charge in [-0.25, -0.2) is 12.1 Å². The van der Waals surface area contributed by atoms with E-state index in [1.807, 2.05) is 12.1 Å². The van der Waals surface area contributed by atoms with Crippen molar-refractivity contribution in [3.05, 3.63) is 102 Å². The Morgan fingerprint density at radius 3 is 2.00 bits per heavy atom. The van der Waals surface area contributed by atoms with Crippen LogP contribution in [-0.4, -0.2) is 4.57 Å². The first-order valence-corrected chi connectivity index (χ1v) is 8.63. The van der Waals surface area contributed by atoms with Crippen LogP contribution in [-0.2, 0) is 26.2 Å². The van der Waals surface area contributed by atoms with Crippen LogP contribution in [0.3, 0.4) is 0 Å². The zero-order valence-electron chi connectivity index (χ0n) is 15.9. The smallest absolute Gasteiger partial charge is 1.00 e. The fourth-order valence-electron chi connectivity index (χ4n) is 3.37. The molecule has 1 aromatic heterocycles. The minimum absolute atomic E-state index is 0. The van der Waals surface area contributed by atoms with Gasteiger partial charge < -0.3 is 29.4 Å². The summed E-state index contributed by atoms with van der Waals surface area (Å²) in [4.78, 5) is 0. The number of aromatic nitrogens is 1. The Labute approximate surface area is 198 Å². The molecule has 4 heteroatoms. The van der Waals surface area contributed by atoms with Gasteiger partial charge in [-0.2, -0.15) is 17.7 Å². The Morgan fingerprint density at radius 1 is 0.786 bits per heavy atom. The Balaban J connectivity index is 0.000000380. The number of nitrogens with zero attached hydrogens (tertiary/aromatic N) is 1. The fourth-order valence-corrected chi connectivity index (χ4v) is 3.37. The van der Waals surface area contributed by atoms with E-state index in [2.05, 4.69) is 97.3 Å². The number of aryl methyl sites for hydroxylation is 2. The molecule has 140 valence electrons. The number of rotatable bonds is 1. The molecule has 1 nitrogen and oxygen atoms in total. The molecule has 0 amide bonds. The predicted octanol–water partition coefficient (Wildman–Crippen LogP) is 0.530. The summed E-state index contributed by atoms with van der Waals surface area (Å²) in [5.74, 6) is 0. The molecule has 5 aromatic rings. The van der Waals surface area contributed by atoms with E-state index in [4.69, 9.17) is 0 Å². The van der Waals surface area contributed by atoms with Crippen LogP contribution in [0.5, 0.6) is 0 Å². The molecular weight excluding hydrogens is 464 g/mol. The number of halogens is 2. The van der Waals surface area contributed by atoms with Crippen molar-refractivity contribution >= 4 is 21.7 Å². The molecule has 0 saturated heterocycles. The molecule has 0 fully saturated rings. The van der Waals surface area contributed by atoms with E-state index in [1.165, 1.54) is 38.6 Å². The number of hydrogen-bond donors (Lipinski definition) is 0. The third-order valence-electron chi connectivity index (χ3n) is 4.59. The number of hydrogen-bond acceptors (Lipinski definition) is 0. The van der Waals surface area contributed by atoms with E-state index in [0.29, 0.717) is 0 Å². The molecule has 0 aliphatic rings. The summed E-state index contributed by atoms with van der Waals surface area (Å²) < 4.78 is 2.33. The molecule has 28 heavy (non-hydrogen) atoms. The van der Waals surface area contributed by atoms with Crippen molar-refractivity contribution in [3.63, 3.8) is 0 Å². The molecule has 0 spiro atoms. The van der Waals surface area contributed by atoms with Crippen molar-refractivity contribution in [1.82, 2.24) is 4.57 Å². The quantitative estimate of drug-likeness (QED) is 0.306. The van der Waals surface area contributed by atoms with Gasteiger partial charge in [0.25, 0.3) is 0 Å². The van der Waals surface area contributed by atoms with Gasteiger partial charge in [-0.3, -0.25) is 0 Å². The second kappa shape index (κ2) is 10.8. The first-order valence-electron chi connectivity index (χ1n) is 8.63. The first kappa shape index (κ1) is 24.4. The van der Waals surface area contributed by atoms with Gasteiger partial charge in [0.1, 0.15) is 0 Å². The third-order valence-corrected chi connectivity index (χ3v) is 4.59. The van der Waals surface area contributed by atoms with Crippen molar-refractivity contribution in [1.29, 1.82) is 0 Å². The van der Waals surface area contributed by atoms with Gasteiger partial charge in [0.2, 0.25) is 0 Å². The second-order valence-electron chi connectivity index (χ2n) is 6.48. The summed E-state index contributed by atoms with van der Waals surface area (Å²) >= 11 is 0. The largest absolute Gasteiger partial charge is 4.00 e. The maximum absolute atomic E-state index is 2.33. The number of fused-ring (bicyclic) bond motifs is 2. The molecule has 5 rings (SSSR count). The molecule has 0 atom stereocenters. The summed E-state index contributed by atoms with van der Waals surface area (Å²) in [5.41, 5.74) is 5.14. The molecule has 0 aliphatic carbocycles. The topological polar surface area (TPSA) is 4.93 Å². The van der Waals surface area contributed by atoms with Crippen LogP contribution in [0, 0.1) is 13.8 Å². The fraction of sp³-hybridized carbons (Fsp3) is 0.0833. The molecule has 0 aliphatic heterocycles. The standard InChI is InChI=1S/C18H14N.C6H7.2ClH.Zr/c1-13-10-16-8-4-5-9-18(16)19(13)17-11-14-6-2-3-7-15(14)12-17;1-6-4-2-3-5-6;;;/h2-12H,1H3;2-5H,1H3;2*1H;/q2*-1;;;+4/p-2. The maximum atomic E-state index is 2.33. The van der Waals surface area contributed by atoms with Gasteiger partial charge in [-0.1, -0.05) is 31.2 Å². The average molecular weight is 486 g/mol. The van der Waals surface area contributed by atoms with Gasteiger partial charge in [0.05, 0.1) is 5.52 Å². The van der Waals surface area contributed by atoms with Crippen molar-refractivity contribution < 1.29 is 51.0 Å². The first-order chi connectivity index (χ1) is 12.2. The Kier molecular flexibility index (Phi) is 9.44. The Bertz CT molecular complexity index is 1090. The van der Waals surface area contributed by atoms with Crippen molar-refractivity contribution in [2.24, 2.45) is 0 Å². The Hall–Kier alpha value is -1.60. The van der Waals surface area contributed by atoms with Crippen LogP contribution in [0.15, 0.2) is 91.0 Å². The van der Waals surface area contributed by atoms with Crippen molar-refractivity contribution in [2.45, 2.75) is 13.8 Å². The minimum Gasteiger partial charge on any atom is -1.00 e. The number of para-hydroxylation sites is 1. The van der Waals surface area contributed by atoms with Crippen LogP contribution in [0.25, 0.3) is 27.4 Å². The van der Waals surface area contributed by atoms with E-state index in [9.17, 15) is 0 Å². The van der Waals surface area contributed by atoms with Gasteiger partial charge in [-0.15, -0.1) is 41.1 Å². The molecule has 1 heterocycles. The van der Waals surface area contributed by atoms with E-state index in [-0.39, 0.29) is 51.0 Å². The van der Waals surface area contributed by atoms with Gasteiger partial charge in [0.15, 0.2) is 0 Å². The van der Waals surface area contributed by atoms with Crippen LogP contribution in [0.1, 0.15) is 11.3 Å². The zero-order valence-corrected chi connectivity index (χ0v) is 19.8. The zero-order chi connectivity index (χ0) is 17.2. The monoisotopic (exact) mass is 483 g/mol. The maximum Gasteiger partial charge on any atom is 4.00 e. The predicted molar refractivity (Wildman–Crippen MR) is 108 cm³/mol. The SMILES string of the molecule is C[c-]1cccc1.Cc1cc2ccccc2n1-c1cc2ccccc2[cH-]1.[Cl-].[Cl-].[Zr+4]. The van der Waals surface area contributed by atoms with Crippen molar-refractivity contribution in [2.75, 3.05) is 0 Å². The van der Waals surface area contributed by atoms with Crippen LogP contribution in [0.4, 0.5) is 0 Å². The van der Waals surface area contributed by atoms with Gasteiger partial charge >= 0.3 is 26.2 Å². The molecule has 0 bridgehead atoms. The van der Waals surface area contributed by atoms with Crippen LogP contribution in [0.2, 0.25) is 0 Å². The summed E-state index contributed by atoms with van der Waals surface area (Å²) in [6.07, 6.45) is 0. The molecule has 0 N–H and O–H groups in total. The van der Waals surface area contributed by atoms with Gasteiger partial charge in [-0.05, 0) is 24.7 Å². The van der Waals surface area contributed by atoms with Crippen LogP contribution >= 0.6 is 0 Å². The molecule has 0 saturated carbocycles. The van der Waals surface area contributed by atoms with E-state index in [0.717, 1.165) is 0 Å². The molecule has 0 unspecified atom stereocenters.